The predicted octanol–water partition coefficient (Wildman–Crippen LogP) is 5.79. The minimum absolute atomic E-state index is 0.0478. The molecule has 0 fully saturated rings. The van der Waals surface area contributed by atoms with Crippen LogP contribution in [0.3, 0.4) is 0 Å². The van der Waals surface area contributed by atoms with Gasteiger partial charge in [-0.1, -0.05) is 17.7 Å². The molecule has 0 bridgehead atoms. The topological polar surface area (TPSA) is 120 Å². The van der Waals surface area contributed by atoms with Crippen molar-refractivity contribution in [2.45, 2.75) is 31.3 Å². The van der Waals surface area contributed by atoms with Crippen LogP contribution in [0.1, 0.15) is 20.8 Å². The quantitative estimate of drug-likeness (QED) is 0.202. The molecule has 0 aliphatic heterocycles. The van der Waals surface area contributed by atoms with E-state index in [1.54, 1.807) is 45.2 Å². The molecule has 0 saturated carbocycles. The molecule has 39 heavy (non-hydrogen) atoms. The van der Waals surface area contributed by atoms with Gasteiger partial charge in [-0.25, -0.2) is 22.6 Å². The molecule has 9 nitrogen and oxygen atoms in total. The zero-order valence-corrected chi connectivity index (χ0v) is 22.9. The standard InChI is InChI=1S/C27H26ClFN4O5S/c1-27(2,3)38-26(34)31-12-13-37-24-10-11-30-22-9-4-17(14-21(22)24)18-15-23(25(28)32-16-18)33-39(35,36)20-7-5-19(29)6-8-20/h4-11,14-16,33H,12-13H2,1-3H3,(H,31,34). The maximum absolute atomic E-state index is 13.2. The summed E-state index contributed by atoms with van der Waals surface area (Å²) in [5.74, 6) is -0.00362. The molecular formula is C27H26ClFN4O5S. The number of hydrogen-bond acceptors (Lipinski definition) is 7. The van der Waals surface area contributed by atoms with Crippen LogP contribution >= 0.6 is 11.6 Å². The molecule has 12 heteroatoms. The second kappa shape index (κ2) is 11.4. The summed E-state index contributed by atoms with van der Waals surface area (Å²) in [4.78, 5) is 20.2. The van der Waals surface area contributed by atoms with Gasteiger partial charge in [0.25, 0.3) is 10.0 Å². The third-order valence-corrected chi connectivity index (χ3v) is 6.95. The first-order chi connectivity index (χ1) is 18.4. The first-order valence-corrected chi connectivity index (χ1v) is 13.7. The molecule has 0 radical (unpaired) electrons. The average Bonchev–Trinajstić information content (AvgIpc) is 2.87. The smallest absolute Gasteiger partial charge is 0.407 e. The maximum atomic E-state index is 13.2. The molecule has 0 saturated heterocycles. The van der Waals surface area contributed by atoms with E-state index in [2.05, 4.69) is 20.0 Å². The van der Waals surface area contributed by atoms with Crippen LogP contribution in [-0.2, 0) is 14.8 Å². The molecule has 2 N–H and O–H groups in total. The average molecular weight is 573 g/mol. The number of rotatable bonds is 8. The van der Waals surface area contributed by atoms with E-state index in [-0.39, 0.29) is 28.9 Å². The van der Waals surface area contributed by atoms with Gasteiger partial charge in [0.15, 0.2) is 5.15 Å². The minimum atomic E-state index is -4.03. The van der Waals surface area contributed by atoms with Crippen LogP contribution in [0.4, 0.5) is 14.9 Å². The fourth-order valence-corrected chi connectivity index (χ4v) is 4.81. The monoisotopic (exact) mass is 572 g/mol. The molecule has 0 unspecified atom stereocenters. The van der Waals surface area contributed by atoms with Crippen molar-refractivity contribution in [1.82, 2.24) is 15.3 Å². The van der Waals surface area contributed by atoms with Crippen LogP contribution in [0.5, 0.6) is 5.75 Å². The third kappa shape index (κ3) is 7.33. The van der Waals surface area contributed by atoms with E-state index in [4.69, 9.17) is 21.1 Å². The Labute approximate surface area is 230 Å². The largest absolute Gasteiger partial charge is 0.491 e. The Balaban J connectivity index is 1.54. The molecule has 2 aromatic carbocycles. The van der Waals surface area contributed by atoms with Gasteiger partial charge in [0.05, 0.1) is 22.6 Å². The Hall–Kier alpha value is -3.96. The highest BCUT2D eigenvalue weighted by Crippen LogP contribution is 2.32. The molecule has 0 atom stereocenters. The molecule has 0 aliphatic rings. The van der Waals surface area contributed by atoms with Gasteiger partial charge >= 0.3 is 6.09 Å². The minimum Gasteiger partial charge on any atom is -0.491 e. The van der Waals surface area contributed by atoms with Crippen LogP contribution in [0.25, 0.3) is 22.0 Å². The van der Waals surface area contributed by atoms with Crippen LogP contribution in [0, 0.1) is 5.82 Å². The van der Waals surface area contributed by atoms with Crippen molar-refractivity contribution < 1.29 is 27.1 Å². The van der Waals surface area contributed by atoms with Crippen molar-refractivity contribution in [2.75, 3.05) is 17.9 Å². The van der Waals surface area contributed by atoms with E-state index in [9.17, 15) is 17.6 Å². The Morgan fingerprint density at radius 2 is 1.77 bits per heavy atom. The normalized spacial score (nSPS) is 11.7. The number of sulfonamides is 1. The number of alkyl carbamates (subject to hydrolysis) is 1. The van der Waals surface area contributed by atoms with Gasteiger partial charge in [-0.05, 0) is 74.9 Å². The lowest BCUT2D eigenvalue weighted by Gasteiger charge is -2.19. The number of hydrogen-bond donors (Lipinski definition) is 2. The number of pyridine rings is 2. The van der Waals surface area contributed by atoms with Crippen molar-refractivity contribution >= 4 is 44.3 Å². The lowest BCUT2D eigenvalue weighted by Crippen LogP contribution is -2.34. The number of nitrogens with zero attached hydrogens (tertiary/aromatic N) is 2. The molecule has 204 valence electrons. The van der Waals surface area contributed by atoms with Crippen LogP contribution in [-0.4, -0.2) is 43.2 Å². The number of fused-ring (bicyclic) bond motifs is 1. The first kappa shape index (κ1) is 28.1. The summed E-state index contributed by atoms with van der Waals surface area (Å²) in [6, 6.07) is 13.1. The highest BCUT2D eigenvalue weighted by molar-refractivity contribution is 7.92. The number of carbonyl (C=O) groups is 1. The number of amides is 1. The molecule has 0 spiro atoms. The zero-order chi connectivity index (χ0) is 28.2. The van der Waals surface area contributed by atoms with E-state index < -0.39 is 27.5 Å². The Morgan fingerprint density at radius 3 is 2.49 bits per heavy atom. The fourth-order valence-electron chi connectivity index (χ4n) is 3.55. The summed E-state index contributed by atoms with van der Waals surface area (Å²) in [6.45, 7) is 5.77. The van der Waals surface area contributed by atoms with E-state index >= 15 is 0 Å². The lowest BCUT2D eigenvalue weighted by molar-refractivity contribution is 0.0520. The summed E-state index contributed by atoms with van der Waals surface area (Å²) >= 11 is 6.18. The first-order valence-electron chi connectivity index (χ1n) is 11.8. The van der Waals surface area contributed by atoms with Gasteiger partial charge in [0, 0.05) is 23.3 Å². The zero-order valence-electron chi connectivity index (χ0n) is 21.4. The van der Waals surface area contributed by atoms with Crippen molar-refractivity contribution in [3.8, 4) is 16.9 Å². The number of aromatic nitrogens is 2. The maximum Gasteiger partial charge on any atom is 0.407 e. The van der Waals surface area contributed by atoms with Crippen LogP contribution in [0.2, 0.25) is 5.15 Å². The second-order valence-electron chi connectivity index (χ2n) is 9.44. The van der Waals surface area contributed by atoms with Crippen molar-refractivity contribution in [2.24, 2.45) is 0 Å². The molecule has 2 heterocycles. The van der Waals surface area contributed by atoms with Gasteiger partial charge < -0.3 is 14.8 Å². The van der Waals surface area contributed by atoms with E-state index in [0.29, 0.717) is 27.8 Å². The lowest BCUT2D eigenvalue weighted by atomic mass is 10.0. The van der Waals surface area contributed by atoms with Crippen LogP contribution < -0.4 is 14.8 Å². The van der Waals surface area contributed by atoms with Gasteiger partial charge in [0.1, 0.15) is 23.8 Å². The fraction of sp³-hybridized carbons (Fsp3) is 0.222. The van der Waals surface area contributed by atoms with Crippen molar-refractivity contribution in [3.05, 3.63) is 78.0 Å². The second-order valence-corrected chi connectivity index (χ2v) is 11.5. The molecular weight excluding hydrogens is 547 g/mol. The van der Waals surface area contributed by atoms with Gasteiger partial charge in [-0.2, -0.15) is 0 Å². The number of benzene rings is 2. The Bertz CT molecular complexity index is 1610. The number of anilines is 1. The molecule has 4 rings (SSSR count). The number of nitrogens with one attached hydrogen (secondary N) is 2. The van der Waals surface area contributed by atoms with Gasteiger partial charge in [-0.3, -0.25) is 9.71 Å². The van der Waals surface area contributed by atoms with Crippen molar-refractivity contribution in [1.29, 1.82) is 0 Å². The number of halogens is 2. The molecule has 0 aliphatic carbocycles. The number of ether oxygens (including phenoxy) is 2. The van der Waals surface area contributed by atoms with Crippen molar-refractivity contribution in [3.63, 3.8) is 0 Å². The summed E-state index contributed by atoms with van der Waals surface area (Å²) in [5, 5.41) is 3.30. The van der Waals surface area contributed by atoms with E-state index in [0.717, 1.165) is 24.3 Å². The van der Waals surface area contributed by atoms with E-state index in [1.165, 1.54) is 6.20 Å². The third-order valence-electron chi connectivity index (χ3n) is 5.27. The highest BCUT2D eigenvalue weighted by Gasteiger charge is 2.18. The summed E-state index contributed by atoms with van der Waals surface area (Å²) < 4.78 is 52.3. The predicted molar refractivity (Wildman–Crippen MR) is 147 cm³/mol. The Kier molecular flexibility index (Phi) is 8.22. The summed E-state index contributed by atoms with van der Waals surface area (Å²) in [5.41, 5.74) is 1.43. The SMILES string of the molecule is CC(C)(C)OC(=O)NCCOc1ccnc2ccc(-c3cnc(Cl)c(NS(=O)(=O)c4ccc(F)cc4)c3)cc12. The molecule has 4 aromatic rings. The van der Waals surface area contributed by atoms with Gasteiger partial charge in [0.2, 0.25) is 0 Å². The number of carbonyl (C=O) groups excluding carboxylic acids is 1. The van der Waals surface area contributed by atoms with Crippen LogP contribution in [0.15, 0.2) is 71.9 Å². The summed E-state index contributed by atoms with van der Waals surface area (Å²) in [7, 11) is -4.03. The highest BCUT2D eigenvalue weighted by atomic mass is 35.5. The van der Waals surface area contributed by atoms with Gasteiger partial charge in [-0.15, -0.1) is 0 Å². The molecule has 1 amide bonds. The summed E-state index contributed by atoms with van der Waals surface area (Å²) in [6.07, 6.45) is 2.60. The molecule has 2 aromatic heterocycles. The van der Waals surface area contributed by atoms with E-state index in [1.807, 2.05) is 12.1 Å². The Morgan fingerprint density at radius 1 is 1.03 bits per heavy atom.